The van der Waals surface area contributed by atoms with Crippen molar-refractivity contribution in [1.82, 2.24) is 20.0 Å². The Hall–Kier alpha value is -4.99. The maximum absolute atomic E-state index is 13.3. The molecule has 2 amide bonds. The van der Waals surface area contributed by atoms with Gasteiger partial charge in [-0.2, -0.15) is 10.2 Å². The largest absolute Gasteiger partial charge is 0.346 e. The first-order valence-corrected chi connectivity index (χ1v) is 12.5. The number of aromatic nitrogens is 4. The van der Waals surface area contributed by atoms with Crippen molar-refractivity contribution >= 4 is 40.4 Å². The smallest absolute Gasteiger partial charge is 0.273 e. The molecule has 39 heavy (non-hydrogen) atoms. The fourth-order valence-corrected chi connectivity index (χ4v) is 4.36. The first kappa shape index (κ1) is 25.7. The molecule has 2 aromatic carbocycles. The summed E-state index contributed by atoms with van der Waals surface area (Å²) in [5.74, 6) is -0.0911. The summed E-state index contributed by atoms with van der Waals surface area (Å²) in [6.07, 6.45) is 1.59. The number of rotatable bonds is 6. The Bertz CT molecular complexity index is 1640. The van der Waals surface area contributed by atoms with Crippen molar-refractivity contribution in [3.05, 3.63) is 94.6 Å². The lowest BCUT2D eigenvalue weighted by molar-refractivity contribution is -0.110. The fourth-order valence-electron chi connectivity index (χ4n) is 4.36. The third-order valence-electron chi connectivity index (χ3n) is 6.25. The average Bonchev–Trinajstić information content (AvgIpc) is 3.58. The Morgan fingerprint density at radius 3 is 2.33 bits per heavy atom. The molecule has 0 spiro atoms. The normalized spacial score (nSPS) is 13.8. The molecule has 5 rings (SSSR count). The summed E-state index contributed by atoms with van der Waals surface area (Å²) in [6, 6.07) is 15.4. The number of nitrogens with zero attached hydrogens (tertiary/aromatic N) is 3. The van der Waals surface area contributed by atoms with Crippen molar-refractivity contribution in [3.63, 3.8) is 0 Å². The predicted molar refractivity (Wildman–Crippen MR) is 150 cm³/mol. The molecular formula is C29H29N7O3. The summed E-state index contributed by atoms with van der Waals surface area (Å²) in [5, 5.41) is 20.1. The summed E-state index contributed by atoms with van der Waals surface area (Å²) < 4.78 is 1.71. The molecule has 10 heteroatoms. The highest BCUT2D eigenvalue weighted by Gasteiger charge is 2.26. The van der Waals surface area contributed by atoms with Crippen LogP contribution in [0, 0.1) is 13.8 Å². The van der Waals surface area contributed by atoms with Crippen LogP contribution in [0.5, 0.6) is 0 Å². The molecule has 0 saturated carbocycles. The minimum Gasteiger partial charge on any atom is -0.346 e. The number of hydrogen-bond acceptors (Lipinski definition) is 6. The monoisotopic (exact) mass is 523 g/mol. The van der Waals surface area contributed by atoms with Gasteiger partial charge in [0.25, 0.3) is 11.8 Å². The highest BCUT2D eigenvalue weighted by molar-refractivity contribution is 6.32. The van der Waals surface area contributed by atoms with Crippen LogP contribution in [0.4, 0.5) is 17.2 Å². The number of amides is 2. The lowest BCUT2D eigenvalue weighted by Gasteiger charge is -2.22. The molecule has 4 aromatic rings. The van der Waals surface area contributed by atoms with Gasteiger partial charge in [0.2, 0.25) is 0 Å². The van der Waals surface area contributed by atoms with Crippen molar-refractivity contribution in [1.29, 1.82) is 0 Å². The van der Waals surface area contributed by atoms with E-state index in [2.05, 4.69) is 31.2 Å². The van der Waals surface area contributed by atoms with Crippen molar-refractivity contribution in [3.8, 4) is 0 Å². The van der Waals surface area contributed by atoms with E-state index < -0.39 is 0 Å². The minimum atomic E-state index is -0.351. The maximum Gasteiger partial charge on any atom is 0.273 e. The summed E-state index contributed by atoms with van der Waals surface area (Å²) in [6.45, 7) is 9.65. The van der Waals surface area contributed by atoms with E-state index in [9.17, 15) is 14.4 Å². The van der Waals surface area contributed by atoms with E-state index in [4.69, 9.17) is 0 Å². The van der Waals surface area contributed by atoms with Crippen molar-refractivity contribution in [2.45, 2.75) is 40.2 Å². The van der Waals surface area contributed by atoms with Crippen molar-refractivity contribution in [2.75, 3.05) is 16.0 Å². The number of ketones is 1. The van der Waals surface area contributed by atoms with Gasteiger partial charge in [0.1, 0.15) is 11.5 Å². The van der Waals surface area contributed by atoms with E-state index in [1.807, 2.05) is 40.7 Å². The van der Waals surface area contributed by atoms with Crippen LogP contribution in [0.15, 0.2) is 60.8 Å². The molecule has 0 saturated heterocycles. The fraction of sp³-hybridized carbons (Fsp3) is 0.207. The van der Waals surface area contributed by atoms with Crippen LogP contribution in [0.25, 0.3) is 5.57 Å². The van der Waals surface area contributed by atoms with Gasteiger partial charge in [0.05, 0.1) is 22.5 Å². The molecule has 4 N–H and O–H groups in total. The standard InChI is InChI=1S/C29H29N7O3/c1-16-13-25(34-33-16)30-15-22-21-14-19(8-11-23(21)32-27(22)38)26(37)18-6-9-20(10-7-18)31-28(39)24-12-17(2)35-36(24)29(3,4)5/h6-15H,1-5H3,(H,31,39)(H,32,38)(H2,30,33,34)/b22-15-. The van der Waals surface area contributed by atoms with Crippen LogP contribution in [0.3, 0.4) is 0 Å². The van der Waals surface area contributed by atoms with Crippen LogP contribution < -0.4 is 16.0 Å². The molecule has 2 aromatic heterocycles. The molecule has 1 aliphatic rings. The van der Waals surface area contributed by atoms with Crippen LogP contribution in [-0.4, -0.2) is 37.6 Å². The zero-order valence-electron chi connectivity index (χ0n) is 22.3. The van der Waals surface area contributed by atoms with E-state index in [0.717, 1.165) is 11.4 Å². The maximum atomic E-state index is 13.3. The molecule has 0 unspecified atom stereocenters. The lowest BCUT2D eigenvalue weighted by atomic mass is 9.98. The van der Waals surface area contributed by atoms with Gasteiger partial charge in [-0.1, -0.05) is 0 Å². The third kappa shape index (κ3) is 5.22. The first-order valence-electron chi connectivity index (χ1n) is 12.5. The molecule has 1 aliphatic heterocycles. The van der Waals surface area contributed by atoms with Gasteiger partial charge >= 0.3 is 0 Å². The van der Waals surface area contributed by atoms with Gasteiger partial charge in [-0.05, 0) is 83.1 Å². The minimum absolute atomic E-state index is 0.201. The molecule has 0 aliphatic carbocycles. The molecule has 0 bridgehead atoms. The number of anilines is 3. The van der Waals surface area contributed by atoms with Gasteiger partial charge in [-0.3, -0.25) is 24.2 Å². The second-order valence-corrected chi connectivity index (χ2v) is 10.5. The first-order chi connectivity index (χ1) is 18.5. The van der Waals surface area contributed by atoms with Gasteiger partial charge in [-0.25, -0.2) is 0 Å². The molecule has 0 fully saturated rings. The Morgan fingerprint density at radius 1 is 0.949 bits per heavy atom. The predicted octanol–water partition coefficient (Wildman–Crippen LogP) is 4.87. The molecule has 0 radical (unpaired) electrons. The highest BCUT2D eigenvalue weighted by Crippen LogP contribution is 2.33. The number of aryl methyl sites for hydroxylation is 2. The van der Waals surface area contributed by atoms with E-state index >= 15 is 0 Å². The number of fused-ring (bicyclic) bond motifs is 1. The number of hydrogen-bond donors (Lipinski definition) is 4. The number of nitrogens with one attached hydrogen (secondary N) is 4. The SMILES string of the molecule is Cc1cc(N/C=C2\C(=O)Nc3ccc(C(=O)c4ccc(NC(=O)c5cc(C)nn5C(C)(C)C)cc4)cc32)[nH]n1. The van der Waals surface area contributed by atoms with E-state index in [-0.39, 0.29) is 23.1 Å². The van der Waals surface area contributed by atoms with Crippen LogP contribution in [-0.2, 0) is 10.3 Å². The molecule has 3 heterocycles. The Kier molecular flexibility index (Phi) is 6.39. The highest BCUT2D eigenvalue weighted by atomic mass is 16.2. The van der Waals surface area contributed by atoms with E-state index in [0.29, 0.717) is 45.2 Å². The Balaban J connectivity index is 1.33. The summed E-state index contributed by atoms with van der Waals surface area (Å²) >= 11 is 0. The second kappa shape index (κ2) is 9.71. The van der Waals surface area contributed by atoms with Gasteiger partial charge in [0, 0.05) is 40.3 Å². The molecule has 0 atom stereocenters. The lowest BCUT2D eigenvalue weighted by Crippen LogP contribution is -2.29. The number of carbonyl (C=O) groups is 3. The topological polar surface area (TPSA) is 134 Å². The van der Waals surface area contributed by atoms with Crippen LogP contribution in [0.2, 0.25) is 0 Å². The van der Waals surface area contributed by atoms with Crippen LogP contribution >= 0.6 is 0 Å². The van der Waals surface area contributed by atoms with Crippen LogP contribution in [0.1, 0.15) is 64.1 Å². The summed E-state index contributed by atoms with van der Waals surface area (Å²) in [7, 11) is 0. The summed E-state index contributed by atoms with van der Waals surface area (Å²) in [4.78, 5) is 38.8. The van der Waals surface area contributed by atoms with Gasteiger partial charge in [0.15, 0.2) is 5.78 Å². The molecule has 198 valence electrons. The number of H-pyrrole nitrogens is 1. The van der Waals surface area contributed by atoms with Gasteiger partial charge < -0.3 is 16.0 Å². The zero-order valence-corrected chi connectivity index (χ0v) is 22.3. The average molecular weight is 524 g/mol. The molecular weight excluding hydrogens is 494 g/mol. The third-order valence-corrected chi connectivity index (χ3v) is 6.25. The number of benzene rings is 2. The zero-order chi connectivity index (χ0) is 27.9. The quantitative estimate of drug-likeness (QED) is 0.211. The summed E-state index contributed by atoms with van der Waals surface area (Å²) in [5.41, 5.74) is 4.81. The van der Waals surface area contributed by atoms with Gasteiger partial charge in [-0.15, -0.1) is 0 Å². The number of aromatic amines is 1. The van der Waals surface area contributed by atoms with Crippen molar-refractivity contribution in [2.24, 2.45) is 0 Å². The van der Waals surface area contributed by atoms with E-state index in [1.165, 1.54) is 0 Å². The van der Waals surface area contributed by atoms with Crippen molar-refractivity contribution < 1.29 is 14.4 Å². The number of carbonyl (C=O) groups excluding carboxylic acids is 3. The Labute approximate surface area is 225 Å². The second-order valence-electron chi connectivity index (χ2n) is 10.5. The molecule has 10 nitrogen and oxygen atoms in total. The Morgan fingerprint density at radius 2 is 1.67 bits per heavy atom. The van der Waals surface area contributed by atoms with E-state index in [1.54, 1.807) is 59.4 Å².